The topological polar surface area (TPSA) is 92.1 Å². The number of aromatic nitrogens is 1. The number of nitrogens with zero attached hydrogens (tertiary/aromatic N) is 3. The van der Waals surface area contributed by atoms with Crippen molar-refractivity contribution in [3.8, 4) is 6.07 Å². The quantitative estimate of drug-likeness (QED) is 0.749. The Kier molecular flexibility index (Phi) is 5.56. The third-order valence-electron chi connectivity index (χ3n) is 5.84. The Morgan fingerprint density at radius 1 is 1.37 bits per heavy atom. The van der Waals surface area contributed by atoms with Gasteiger partial charge in [-0.3, -0.25) is 14.8 Å². The summed E-state index contributed by atoms with van der Waals surface area (Å²) in [5.74, 6) is -0.221. The Bertz CT molecular complexity index is 1050. The van der Waals surface area contributed by atoms with Crippen LogP contribution in [0.15, 0.2) is 41.5 Å². The largest absolute Gasteiger partial charge is 0.379 e. The van der Waals surface area contributed by atoms with E-state index in [4.69, 9.17) is 11.0 Å². The summed E-state index contributed by atoms with van der Waals surface area (Å²) in [5.41, 5.74) is 6.70. The zero-order valence-electron chi connectivity index (χ0n) is 16.1. The molecule has 2 aliphatic rings. The number of alkyl halides is 1. The van der Waals surface area contributed by atoms with Crippen LogP contribution in [0.4, 0.5) is 8.78 Å². The number of thioether (sulfide) groups is 1. The second-order valence-electron chi connectivity index (χ2n) is 7.71. The zero-order valence-corrected chi connectivity index (χ0v) is 17.0. The van der Waals surface area contributed by atoms with Gasteiger partial charge in [-0.1, -0.05) is 17.8 Å². The van der Waals surface area contributed by atoms with Crippen LogP contribution in [0, 0.1) is 23.1 Å². The maximum atomic E-state index is 14.9. The number of ketones is 1. The Hall–Kier alpha value is -2.79. The van der Waals surface area contributed by atoms with Crippen LogP contribution in [0.5, 0.6) is 0 Å². The monoisotopic (exact) mass is 426 g/mol. The van der Waals surface area contributed by atoms with Gasteiger partial charge in [-0.25, -0.2) is 8.78 Å². The summed E-state index contributed by atoms with van der Waals surface area (Å²) in [7, 11) is 0. The summed E-state index contributed by atoms with van der Waals surface area (Å²) in [5, 5.41) is 9.24. The van der Waals surface area contributed by atoms with E-state index in [1.54, 1.807) is 12.1 Å². The molecule has 0 bridgehead atoms. The molecule has 8 heteroatoms. The predicted molar refractivity (Wildman–Crippen MR) is 111 cm³/mol. The SMILES string of the molecule is N#Cc1ccc(C(=O)Cc2ccc(F)c([C@]34CC[C@H](F)C[C@H]3CSC(N)=N4)c2)nc1. The van der Waals surface area contributed by atoms with E-state index in [0.29, 0.717) is 46.9 Å². The van der Waals surface area contributed by atoms with Crippen LogP contribution in [-0.4, -0.2) is 27.9 Å². The maximum Gasteiger partial charge on any atom is 0.185 e. The van der Waals surface area contributed by atoms with Crippen LogP contribution in [0.25, 0.3) is 0 Å². The van der Waals surface area contributed by atoms with Gasteiger partial charge in [0.25, 0.3) is 0 Å². The molecular formula is C22H20F2N4OS. The molecule has 0 spiro atoms. The minimum Gasteiger partial charge on any atom is -0.379 e. The normalized spacial score (nSPS) is 25.7. The number of carbonyl (C=O) groups excluding carboxylic acids is 1. The van der Waals surface area contributed by atoms with Crippen molar-refractivity contribution in [3.05, 3.63) is 64.7 Å². The number of nitriles is 1. The third kappa shape index (κ3) is 3.82. The summed E-state index contributed by atoms with van der Waals surface area (Å²) in [6.45, 7) is 0. The fourth-order valence-corrected chi connectivity index (χ4v) is 5.31. The third-order valence-corrected chi connectivity index (χ3v) is 6.79. The van der Waals surface area contributed by atoms with Gasteiger partial charge in [0.1, 0.15) is 23.8 Å². The van der Waals surface area contributed by atoms with Gasteiger partial charge in [0.2, 0.25) is 0 Å². The minimum absolute atomic E-state index is 0.0343. The summed E-state index contributed by atoms with van der Waals surface area (Å²) >= 11 is 1.37. The Morgan fingerprint density at radius 3 is 2.93 bits per heavy atom. The highest BCUT2D eigenvalue weighted by Gasteiger charge is 2.48. The maximum absolute atomic E-state index is 14.9. The molecule has 3 atom stereocenters. The molecule has 2 heterocycles. The summed E-state index contributed by atoms with van der Waals surface area (Å²) in [6.07, 6.45) is 1.46. The fraction of sp³-hybridized carbons (Fsp3) is 0.364. The lowest BCUT2D eigenvalue weighted by Crippen LogP contribution is -2.45. The molecule has 30 heavy (non-hydrogen) atoms. The minimum atomic E-state index is -0.923. The van der Waals surface area contributed by atoms with Crippen LogP contribution in [0.2, 0.25) is 0 Å². The van der Waals surface area contributed by atoms with Crippen LogP contribution in [0.1, 0.15) is 46.4 Å². The predicted octanol–water partition coefficient (Wildman–Crippen LogP) is 3.91. The number of aliphatic imine (C=N–C) groups is 1. The van der Waals surface area contributed by atoms with Crippen molar-refractivity contribution in [2.45, 2.75) is 37.4 Å². The van der Waals surface area contributed by atoms with E-state index in [-0.39, 0.29) is 23.8 Å². The number of halogens is 2. The summed E-state index contributed by atoms with van der Waals surface area (Å²) in [6, 6.07) is 9.57. The first-order chi connectivity index (χ1) is 14.4. The van der Waals surface area contributed by atoms with Gasteiger partial charge in [0, 0.05) is 29.9 Å². The highest BCUT2D eigenvalue weighted by Crippen LogP contribution is 2.50. The number of amidine groups is 1. The van der Waals surface area contributed by atoms with Crippen LogP contribution >= 0.6 is 11.8 Å². The van der Waals surface area contributed by atoms with Gasteiger partial charge < -0.3 is 5.73 Å². The average molecular weight is 426 g/mol. The van der Waals surface area contributed by atoms with Gasteiger partial charge in [0.05, 0.1) is 11.1 Å². The van der Waals surface area contributed by atoms with Crippen molar-refractivity contribution < 1.29 is 13.6 Å². The van der Waals surface area contributed by atoms with Crippen molar-refractivity contribution in [2.75, 3.05) is 5.75 Å². The standard InChI is InChI=1S/C22H20F2N4OS/c23-16-5-6-22(15(9-16)12-30-21(26)28-22)17-7-13(1-3-18(17)24)8-20(29)19-4-2-14(10-25)11-27-19/h1-4,7,11,15-16H,5-6,8-9,12H2,(H2,26,28)/t15-,16-,22-/m0/s1. The lowest BCUT2D eigenvalue weighted by atomic mass is 9.68. The number of Topliss-reactive ketones (excluding diaryl/α,β-unsaturated/α-hetero) is 1. The van der Waals surface area contributed by atoms with Crippen LogP contribution in [-0.2, 0) is 12.0 Å². The summed E-state index contributed by atoms with van der Waals surface area (Å²) < 4.78 is 29.0. The molecule has 1 aromatic heterocycles. The van der Waals surface area contributed by atoms with Gasteiger partial charge in [0.15, 0.2) is 11.0 Å². The van der Waals surface area contributed by atoms with E-state index in [2.05, 4.69) is 9.98 Å². The molecule has 1 aliphatic heterocycles. The van der Waals surface area contributed by atoms with E-state index in [9.17, 15) is 13.6 Å². The Morgan fingerprint density at radius 2 is 2.20 bits per heavy atom. The first-order valence-corrected chi connectivity index (χ1v) is 10.7. The summed E-state index contributed by atoms with van der Waals surface area (Å²) in [4.78, 5) is 21.3. The number of hydrogen-bond acceptors (Lipinski definition) is 6. The van der Waals surface area contributed by atoms with Crippen molar-refractivity contribution in [2.24, 2.45) is 16.6 Å². The van der Waals surface area contributed by atoms with Gasteiger partial charge in [-0.2, -0.15) is 5.26 Å². The molecule has 0 saturated heterocycles. The number of pyridine rings is 1. The first-order valence-electron chi connectivity index (χ1n) is 9.72. The number of carbonyl (C=O) groups is 1. The molecule has 1 saturated carbocycles. The second kappa shape index (κ2) is 8.15. The molecule has 1 aromatic carbocycles. The van der Waals surface area contributed by atoms with E-state index >= 15 is 0 Å². The Labute approximate surface area is 177 Å². The molecule has 5 nitrogen and oxygen atoms in total. The smallest absolute Gasteiger partial charge is 0.185 e. The number of rotatable bonds is 4. The number of fused-ring (bicyclic) bond motifs is 1. The van der Waals surface area contributed by atoms with Crippen LogP contribution < -0.4 is 5.73 Å². The van der Waals surface area contributed by atoms with Crippen molar-refractivity contribution in [1.29, 1.82) is 5.26 Å². The molecule has 4 rings (SSSR count). The van der Waals surface area contributed by atoms with Crippen molar-refractivity contribution >= 4 is 22.7 Å². The fourth-order valence-electron chi connectivity index (χ4n) is 4.30. The number of nitrogens with two attached hydrogens (primary N) is 1. The first kappa shape index (κ1) is 20.5. The van der Waals surface area contributed by atoms with E-state index in [1.165, 1.54) is 36.2 Å². The molecule has 154 valence electrons. The molecule has 2 aromatic rings. The van der Waals surface area contributed by atoms with E-state index in [1.807, 2.05) is 6.07 Å². The van der Waals surface area contributed by atoms with Gasteiger partial charge in [-0.05, 0) is 49.1 Å². The average Bonchev–Trinajstić information content (AvgIpc) is 2.75. The van der Waals surface area contributed by atoms with E-state index in [0.717, 1.165) is 0 Å². The molecule has 0 radical (unpaired) electrons. The molecular weight excluding hydrogens is 406 g/mol. The van der Waals surface area contributed by atoms with Gasteiger partial charge >= 0.3 is 0 Å². The van der Waals surface area contributed by atoms with E-state index < -0.39 is 17.5 Å². The number of benzene rings is 1. The lowest BCUT2D eigenvalue weighted by molar-refractivity contribution is 0.0988. The van der Waals surface area contributed by atoms with Crippen molar-refractivity contribution in [3.63, 3.8) is 0 Å². The highest BCUT2D eigenvalue weighted by atomic mass is 32.2. The van der Waals surface area contributed by atoms with Crippen LogP contribution in [0.3, 0.4) is 0 Å². The second-order valence-corrected chi connectivity index (χ2v) is 8.75. The lowest BCUT2D eigenvalue weighted by Gasteiger charge is -2.45. The highest BCUT2D eigenvalue weighted by molar-refractivity contribution is 8.13. The zero-order chi connectivity index (χ0) is 21.3. The van der Waals surface area contributed by atoms with Crippen molar-refractivity contribution in [1.82, 2.24) is 4.98 Å². The number of hydrogen-bond donors (Lipinski definition) is 1. The molecule has 0 amide bonds. The van der Waals surface area contributed by atoms with Gasteiger partial charge in [-0.15, -0.1) is 0 Å². The molecule has 2 N–H and O–H groups in total. The molecule has 0 unspecified atom stereocenters. The Balaban J connectivity index is 1.66. The molecule has 1 fully saturated rings. The molecule has 1 aliphatic carbocycles.